The first-order chi connectivity index (χ1) is 11.5. The average Bonchev–Trinajstić information content (AvgIpc) is 2.54. The van der Waals surface area contributed by atoms with Crippen LogP contribution in [0.3, 0.4) is 0 Å². The molecular formula is C16H30N4O5. The second kappa shape index (κ2) is 10.7. The van der Waals surface area contributed by atoms with Gasteiger partial charge in [0.05, 0.1) is 12.6 Å². The van der Waals surface area contributed by atoms with Crippen LogP contribution in [0, 0.1) is 11.8 Å². The third-order valence-corrected chi connectivity index (χ3v) is 3.98. The quantitative estimate of drug-likeness (QED) is 0.345. The molecule has 0 aliphatic carbocycles. The van der Waals surface area contributed by atoms with Crippen molar-refractivity contribution in [2.75, 3.05) is 6.54 Å². The largest absolute Gasteiger partial charge is 0.480 e. The second-order valence-corrected chi connectivity index (χ2v) is 6.49. The molecule has 9 heteroatoms. The zero-order valence-corrected chi connectivity index (χ0v) is 15.5. The molecule has 0 spiro atoms. The van der Waals surface area contributed by atoms with Crippen LogP contribution in [-0.4, -0.2) is 53.5 Å². The van der Waals surface area contributed by atoms with Gasteiger partial charge in [-0.15, -0.1) is 0 Å². The zero-order valence-electron chi connectivity index (χ0n) is 15.5. The van der Waals surface area contributed by atoms with Crippen LogP contribution < -0.4 is 21.7 Å². The van der Waals surface area contributed by atoms with Gasteiger partial charge in [0.2, 0.25) is 17.7 Å². The van der Waals surface area contributed by atoms with Crippen molar-refractivity contribution in [2.24, 2.45) is 17.6 Å². The molecule has 0 aromatic heterocycles. The first-order valence-electron chi connectivity index (χ1n) is 8.37. The van der Waals surface area contributed by atoms with Gasteiger partial charge < -0.3 is 26.8 Å². The van der Waals surface area contributed by atoms with Crippen LogP contribution >= 0.6 is 0 Å². The smallest absolute Gasteiger partial charge is 0.326 e. The van der Waals surface area contributed by atoms with E-state index in [1.165, 1.54) is 6.92 Å². The molecule has 0 radical (unpaired) electrons. The van der Waals surface area contributed by atoms with Gasteiger partial charge in [0, 0.05) is 0 Å². The van der Waals surface area contributed by atoms with E-state index in [1.54, 1.807) is 13.8 Å². The Morgan fingerprint density at radius 2 is 1.56 bits per heavy atom. The number of hydrogen-bond acceptors (Lipinski definition) is 5. The molecule has 0 saturated heterocycles. The van der Waals surface area contributed by atoms with Crippen molar-refractivity contribution >= 4 is 23.7 Å². The van der Waals surface area contributed by atoms with E-state index in [2.05, 4.69) is 16.0 Å². The lowest BCUT2D eigenvalue weighted by Gasteiger charge is -2.21. The summed E-state index contributed by atoms with van der Waals surface area (Å²) in [5.41, 5.74) is 5.79. The Bertz CT molecular complexity index is 495. The van der Waals surface area contributed by atoms with Gasteiger partial charge in [-0.05, 0) is 18.8 Å². The molecule has 0 aromatic carbocycles. The van der Waals surface area contributed by atoms with E-state index in [0.29, 0.717) is 0 Å². The zero-order chi connectivity index (χ0) is 19.7. The second-order valence-electron chi connectivity index (χ2n) is 6.49. The summed E-state index contributed by atoms with van der Waals surface area (Å²) in [6.45, 7) is 8.17. The van der Waals surface area contributed by atoms with E-state index in [0.717, 1.165) is 6.42 Å². The standard InChI is InChI=1S/C16H30N4O5/c1-6-9(4)12(17)15(23)19-10(5)14(22)18-7-11(21)20-13(8(2)3)16(24)25/h8-10,12-13H,6-7,17H2,1-5H3,(H,18,22)(H,19,23)(H,20,21)(H,24,25). The van der Waals surface area contributed by atoms with E-state index in [9.17, 15) is 19.2 Å². The number of carbonyl (C=O) groups excluding carboxylic acids is 3. The summed E-state index contributed by atoms with van der Waals surface area (Å²) in [6.07, 6.45) is 0.732. The first kappa shape index (κ1) is 22.8. The van der Waals surface area contributed by atoms with E-state index in [-0.39, 0.29) is 18.4 Å². The van der Waals surface area contributed by atoms with Gasteiger partial charge in [-0.3, -0.25) is 14.4 Å². The topological polar surface area (TPSA) is 151 Å². The maximum absolute atomic E-state index is 11.9. The summed E-state index contributed by atoms with van der Waals surface area (Å²) < 4.78 is 0. The van der Waals surface area contributed by atoms with E-state index in [1.807, 2.05) is 13.8 Å². The van der Waals surface area contributed by atoms with Gasteiger partial charge in [-0.2, -0.15) is 0 Å². The van der Waals surface area contributed by atoms with Crippen LogP contribution in [0.5, 0.6) is 0 Å². The molecule has 144 valence electrons. The summed E-state index contributed by atoms with van der Waals surface area (Å²) >= 11 is 0. The molecule has 0 aliphatic rings. The molecule has 9 nitrogen and oxygen atoms in total. The monoisotopic (exact) mass is 358 g/mol. The molecule has 4 unspecified atom stereocenters. The van der Waals surface area contributed by atoms with Crippen molar-refractivity contribution < 1.29 is 24.3 Å². The number of nitrogens with one attached hydrogen (secondary N) is 3. The van der Waals surface area contributed by atoms with Gasteiger partial charge in [0.15, 0.2) is 0 Å². The third-order valence-electron chi connectivity index (χ3n) is 3.98. The molecule has 0 rings (SSSR count). The van der Waals surface area contributed by atoms with Gasteiger partial charge in [-0.1, -0.05) is 34.1 Å². The lowest BCUT2D eigenvalue weighted by molar-refractivity contribution is -0.143. The van der Waals surface area contributed by atoms with Crippen molar-refractivity contribution in [1.82, 2.24) is 16.0 Å². The number of nitrogens with two attached hydrogens (primary N) is 1. The lowest BCUT2D eigenvalue weighted by atomic mass is 9.99. The third kappa shape index (κ3) is 7.97. The van der Waals surface area contributed by atoms with Crippen LogP contribution in [0.2, 0.25) is 0 Å². The van der Waals surface area contributed by atoms with E-state index in [4.69, 9.17) is 10.8 Å². The summed E-state index contributed by atoms with van der Waals surface area (Å²) in [6, 6.07) is -2.61. The van der Waals surface area contributed by atoms with Crippen molar-refractivity contribution in [3.8, 4) is 0 Å². The molecule has 0 saturated carbocycles. The number of amides is 3. The number of rotatable bonds is 10. The molecule has 25 heavy (non-hydrogen) atoms. The highest BCUT2D eigenvalue weighted by atomic mass is 16.4. The van der Waals surface area contributed by atoms with Gasteiger partial charge in [-0.25, -0.2) is 4.79 Å². The molecule has 4 atom stereocenters. The van der Waals surface area contributed by atoms with Crippen molar-refractivity contribution in [2.45, 2.75) is 59.2 Å². The highest BCUT2D eigenvalue weighted by Crippen LogP contribution is 2.05. The van der Waals surface area contributed by atoms with E-state index < -0.39 is 41.8 Å². The fraction of sp³-hybridized carbons (Fsp3) is 0.750. The number of hydrogen-bond donors (Lipinski definition) is 5. The fourth-order valence-corrected chi connectivity index (χ4v) is 1.95. The summed E-state index contributed by atoms with van der Waals surface area (Å²) in [7, 11) is 0. The summed E-state index contributed by atoms with van der Waals surface area (Å²) in [5.74, 6) is -3.08. The van der Waals surface area contributed by atoms with Crippen LogP contribution in [0.1, 0.15) is 41.0 Å². The summed E-state index contributed by atoms with van der Waals surface area (Å²) in [5, 5.41) is 16.2. The highest BCUT2D eigenvalue weighted by molar-refractivity contribution is 5.92. The Hall–Kier alpha value is -2.16. The SMILES string of the molecule is CCC(C)C(N)C(=O)NC(C)C(=O)NCC(=O)NC(C(=O)O)C(C)C. The number of carboxylic acids is 1. The van der Waals surface area contributed by atoms with Gasteiger partial charge in [0.1, 0.15) is 12.1 Å². The Balaban J connectivity index is 4.43. The molecule has 3 amide bonds. The minimum Gasteiger partial charge on any atom is -0.480 e. The predicted octanol–water partition coefficient (Wildman–Crippen LogP) is -0.794. The Morgan fingerprint density at radius 1 is 1.00 bits per heavy atom. The molecule has 0 aliphatic heterocycles. The molecule has 6 N–H and O–H groups in total. The van der Waals surface area contributed by atoms with Crippen molar-refractivity contribution in [3.63, 3.8) is 0 Å². The van der Waals surface area contributed by atoms with Crippen molar-refractivity contribution in [1.29, 1.82) is 0 Å². The van der Waals surface area contributed by atoms with Gasteiger partial charge >= 0.3 is 5.97 Å². The van der Waals surface area contributed by atoms with Crippen LogP contribution in [0.4, 0.5) is 0 Å². The molecule has 0 heterocycles. The van der Waals surface area contributed by atoms with Gasteiger partial charge in [0.25, 0.3) is 0 Å². The minimum absolute atomic E-state index is 0.0231. The van der Waals surface area contributed by atoms with Crippen LogP contribution in [-0.2, 0) is 19.2 Å². The molecular weight excluding hydrogens is 328 g/mol. The summed E-state index contributed by atoms with van der Waals surface area (Å²) in [4.78, 5) is 46.6. The number of carbonyl (C=O) groups is 4. The average molecular weight is 358 g/mol. The normalized spacial score (nSPS) is 15.6. The highest BCUT2D eigenvalue weighted by Gasteiger charge is 2.25. The van der Waals surface area contributed by atoms with Crippen LogP contribution in [0.25, 0.3) is 0 Å². The maximum Gasteiger partial charge on any atom is 0.326 e. The Morgan fingerprint density at radius 3 is 2.00 bits per heavy atom. The predicted molar refractivity (Wildman–Crippen MR) is 92.4 cm³/mol. The van der Waals surface area contributed by atoms with Crippen LogP contribution in [0.15, 0.2) is 0 Å². The van der Waals surface area contributed by atoms with E-state index >= 15 is 0 Å². The number of aliphatic carboxylic acids is 1. The fourth-order valence-electron chi connectivity index (χ4n) is 1.95. The minimum atomic E-state index is -1.14. The maximum atomic E-state index is 11.9. The van der Waals surface area contributed by atoms with Crippen molar-refractivity contribution in [3.05, 3.63) is 0 Å². The number of carboxylic acid groups (broad SMARTS) is 1. The first-order valence-corrected chi connectivity index (χ1v) is 8.37. The molecule has 0 aromatic rings. The Labute approximate surface area is 148 Å². The molecule has 0 bridgehead atoms. The molecule has 0 fully saturated rings. The Kier molecular flexibility index (Phi) is 9.73. The lowest BCUT2D eigenvalue weighted by Crippen LogP contribution is -2.53.